The van der Waals surface area contributed by atoms with Crippen LogP contribution >= 0.6 is 23.2 Å². The number of fused-ring (bicyclic) bond motifs is 1. The summed E-state index contributed by atoms with van der Waals surface area (Å²) in [6, 6.07) is 22.3. The maximum atomic E-state index is 6.18. The monoisotopic (exact) mass is 410 g/mol. The van der Waals surface area contributed by atoms with Crippen LogP contribution < -0.4 is 4.90 Å². The van der Waals surface area contributed by atoms with E-state index in [-0.39, 0.29) is 6.61 Å². The van der Waals surface area contributed by atoms with Gasteiger partial charge in [0.2, 0.25) is 0 Å². The van der Waals surface area contributed by atoms with E-state index in [9.17, 15) is 0 Å². The van der Waals surface area contributed by atoms with Crippen molar-refractivity contribution in [1.82, 2.24) is 0 Å². The maximum Gasteiger partial charge on any atom is 0.145 e. The first kappa shape index (κ1) is 18.9. The van der Waals surface area contributed by atoms with Crippen molar-refractivity contribution in [3.63, 3.8) is 0 Å². The Bertz CT molecular complexity index is 987. The number of rotatable bonds is 5. The molecule has 0 radical (unpaired) electrons. The lowest BCUT2D eigenvalue weighted by Gasteiger charge is -2.18. The molecule has 1 aliphatic heterocycles. The Labute approximate surface area is 175 Å². The molecule has 0 atom stereocenters. The van der Waals surface area contributed by atoms with E-state index < -0.39 is 0 Å². The van der Waals surface area contributed by atoms with Crippen LogP contribution in [-0.4, -0.2) is 5.71 Å². The van der Waals surface area contributed by atoms with Crippen LogP contribution in [0.25, 0.3) is 0 Å². The molecule has 3 aromatic rings. The topological polar surface area (TPSA) is 24.8 Å². The molecule has 0 fully saturated rings. The molecule has 1 heterocycles. The van der Waals surface area contributed by atoms with Gasteiger partial charge in [-0.15, -0.1) is 0 Å². The third kappa shape index (κ3) is 4.01. The van der Waals surface area contributed by atoms with Crippen LogP contribution in [0.3, 0.4) is 0 Å². The maximum absolute atomic E-state index is 6.18. The summed E-state index contributed by atoms with van der Waals surface area (Å²) in [5.74, 6) is 0. The molecule has 3 aromatic carbocycles. The summed E-state index contributed by atoms with van der Waals surface area (Å²) in [5, 5.41) is 5.42. The molecule has 4 rings (SSSR count). The largest absolute Gasteiger partial charge is 0.391 e. The van der Waals surface area contributed by atoms with Gasteiger partial charge in [0.1, 0.15) is 6.61 Å². The van der Waals surface area contributed by atoms with E-state index >= 15 is 0 Å². The van der Waals surface area contributed by atoms with Gasteiger partial charge < -0.3 is 9.74 Å². The second-order valence-corrected chi connectivity index (χ2v) is 7.64. The summed E-state index contributed by atoms with van der Waals surface area (Å²) < 4.78 is 0. The summed E-state index contributed by atoms with van der Waals surface area (Å²) >= 11 is 12.4. The number of hydrogen-bond donors (Lipinski definition) is 0. The molecule has 142 valence electrons. The van der Waals surface area contributed by atoms with Crippen LogP contribution in [0, 0.1) is 0 Å². The number of nitrogens with zero attached hydrogens (tertiary/aromatic N) is 2. The van der Waals surface area contributed by atoms with Gasteiger partial charge in [0.15, 0.2) is 0 Å². The lowest BCUT2D eigenvalue weighted by molar-refractivity contribution is 0.130. The highest BCUT2D eigenvalue weighted by Crippen LogP contribution is 2.29. The lowest BCUT2D eigenvalue weighted by atomic mass is 10.1. The van der Waals surface area contributed by atoms with Gasteiger partial charge >= 0.3 is 0 Å². The number of benzene rings is 3. The van der Waals surface area contributed by atoms with E-state index in [1.165, 1.54) is 16.8 Å². The van der Waals surface area contributed by atoms with Gasteiger partial charge in [-0.05, 0) is 42.3 Å². The van der Waals surface area contributed by atoms with E-state index in [0.29, 0.717) is 10.0 Å². The third-order valence-electron chi connectivity index (χ3n) is 4.94. The normalized spacial score (nSPS) is 13.5. The second-order valence-electron chi connectivity index (χ2n) is 6.83. The summed E-state index contributed by atoms with van der Waals surface area (Å²) in [6.07, 6.45) is 0. The zero-order chi connectivity index (χ0) is 19.5. The minimum Gasteiger partial charge on any atom is -0.391 e. The summed E-state index contributed by atoms with van der Waals surface area (Å²) in [4.78, 5) is 7.89. The first-order valence-corrected chi connectivity index (χ1v) is 9.89. The molecular formula is C23H20Cl2N2O. The first-order valence-electron chi connectivity index (χ1n) is 9.13. The van der Waals surface area contributed by atoms with Gasteiger partial charge in [-0.25, -0.2) is 0 Å². The number of halogens is 2. The Balaban J connectivity index is 1.46. The minimum absolute atomic E-state index is 0.233. The summed E-state index contributed by atoms with van der Waals surface area (Å²) in [5.41, 5.74) is 6.53. The van der Waals surface area contributed by atoms with Crippen molar-refractivity contribution in [2.75, 3.05) is 4.90 Å². The fourth-order valence-electron chi connectivity index (χ4n) is 3.36. The fraction of sp³-hybridized carbons (Fsp3) is 0.174. The van der Waals surface area contributed by atoms with Crippen LogP contribution in [0.15, 0.2) is 71.9 Å². The van der Waals surface area contributed by atoms with Crippen molar-refractivity contribution in [3.05, 3.63) is 99.0 Å². The first-order chi connectivity index (χ1) is 13.6. The average Bonchev–Trinajstić information content (AvgIpc) is 3.14. The van der Waals surface area contributed by atoms with E-state index in [0.717, 1.165) is 29.9 Å². The second kappa shape index (κ2) is 8.26. The number of oxime groups is 1. The number of hydrogen-bond acceptors (Lipinski definition) is 3. The van der Waals surface area contributed by atoms with Crippen molar-refractivity contribution in [1.29, 1.82) is 0 Å². The van der Waals surface area contributed by atoms with Gasteiger partial charge in [-0.2, -0.15) is 0 Å². The van der Waals surface area contributed by atoms with Crippen molar-refractivity contribution >= 4 is 34.6 Å². The van der Waals surface area contributed by atoms with Crippen molar-refractivity contribution in [2.45, 2.75) is 26.6 Å². The standard InChI is InChI=1S/C23H20Cl2N2O/c1-16(26-28-15-21-22(24)10-5-11-23(21)25)17-8-4-9-20(12-17)27-13-18-6-2-3-7-19(18)14-27/h2-12H,13-15H2,1H3/b26-16-. The molecule has 5 heteroatoms. The van der Waals surface area contributed by atoms with Crippen molar-refractivity contribution < 1.29 is 4.84 Å². The van der Waals surface area contributed by atoms with E-state index in [4.69, 9.17) is 28.0 Å². The predicted octanol–water partition coefficient (Wildman–Crippen LogP) is 6.45. The van der Waals surface area contributed by atoms with Crippen LogP contribution in [0.5, 0.6) is 0 Å². The van der Waals surface area contributed by atoms with E-state index in [1.54, 1.807) is 12.1 Å². The van der Waals surface area contributed by atoms with Crippen LogP contribution in [0.1, 0.15) is 29.2 Å². The van der Waals surface area contributed by atoms with E-state index in [1.807, 2.05) is 19.1 Å². The molecule has 0 unspecified atom stereocenters. The highest BCUT2D eigenvalue weighted by molar-refractivity contribution is 6.35. The van der Waals surface area contributed by atoms with Crippen molar-refractivity contribution in [2.24, 2.45) is 5.16 Å². The van der Waals surface area contributed by atoms with Gasteiger partial charge in [0, 0.05) is 39.9 Å². The molecule has 28 heavy (non-hydrogen) atoms. The zero-order valence-corrected chi connectivity index (χ0v) is 17.0. The Kier molecular flexibility index (Phi) is 5.56. The van der Waals surface area contributed by atoms with Crippen molar-refractivity contribution in [3.8, 4) is 0 Å². The molecule has 0 aliphatic carbocycles. The smallest absolute Gasteiger partial charge is 0.145 e. The molecule has 0 saturated heterocycles. The Morgan fingerprint density at radius 1 is 0.929 bits per heavy atom. The highest BCUT2D eigenvalue weighted by Gasteiger charge is 2.18. The molecule has 0 N–H and O–H groups in total. The van der Waals surface area contributed by atoms with Crippen LogP contribution in [0.4, 0.5) is 5.69 Å². The lowest BCUT2D eigenvalue weighted by Crippen LogP contribution is -2.14. The SMILES string of the molecule is C/C(=N/OCc1c(Cl)cccc1Cl)c1cccc(N2Cc3ccccc3C2)c1. The minimum atomic E-state index is 0.233. The van der Waals surface area contributed by atoms with Gasteiger partial charge in [0.25, 0.3) is 0 Å². The molecule has 3 nitrogen and oxygen atoms in total. The molecule has 0 bridgehead atoms. The molecule has 0 aromatic heterocycles. The highest BCUT2D eigenvalue weighted by atomic mass is 35.5. The van der Waals surface area contributed by atoms with E-state index in [2.05, 4.69) is 52.5 Å². The number of anilines is 1. The zero-order valence-electron chi connectivity index (χ0n) is 15.5. The third-order valence-corrected chi connectivity index (χ3v) is 5.65. The molecule has 0 spiro atoms. The molecular weight excluding hydrogens is 391 g/mol. The Hall–Kier alpha value is -2.49. The van der Waals surface area contributed by atoms with Gasteiger partial charge in [-0.1, -0.05) is 70.8 Å². The predicted molar refractivity (Wildman–Crippen MR) is 116 cm³/mol. The average molecular weight is 411 g/mol. The summed E-state index contributed by atoms with van der Waals surface area (Å²) in [7, 11) is 0. The molecule has 1 aliphatic rings. The van der Waals surface area contributed by atoms with Crippen LogP contribution in [0.2, 0.25) is 10.0 Å². The molecule has 0 amide bonds. The quantitative estimate of drug-likeness (QED) is 0.356. The molecule has 0 saturated carbocycles. The Morgan fingerprint density at radius 2 is 1.57 bits per heavy atom. The Morgan fingerprint density at radius 3 is 2.25 bits per heavy atom. The van der Waals surface area contributed by atoms with Crippen LogP contribution in [-0.2, 0) is 24.5 Å². The van der Waals surface area contributed by atoms with Gasteiger partial charge in [-0.3, -0.25) is 0 Å². The fourth-order valence-corrected chi connectivity index (χ4v) is 3.87. The summed E-state index contributed by atoms with van der Waals surface area (Å²) in [6.45, 7) is 4.03. The van der Waals surface area contributed by atoms with Gasteiger partial charge in [0.05, 0.1) is 5.71 Å².